The van der Waals surface area contributed by atoms with Gasteiger partial charge in [0.1, 0.15) is 0 Å². The Balaban J connectivity index is 2.19. The van der Waals surface area contributed by atoms with E-state index in [0.29, 0.717) is 12.8 Å². The molecule has 0 saturated carbocycles. The van der Waals surface area contributed by atoms with Gasteiger partial charge < -0.3 is 9.72 Å². The molecule has 0 saturated heterocycles. The molecule has 1 N–H and O–H groups in total. The van der Waals surface area contributed by atoms with Crippen LogP contribution < -0.4 is 0 Å². The molecule has 1 heterocycles. The molecule has 0 aromatic carbocycles. The smallest absolute Gasteiger partial charge is 0.422 e. The number of nitrogens with zero attached hydrogens (tertiary/aromatic N) is 1. The standard InChI is InChI=1S/C10H13F3N2O2/c1-7-8(15-6-14-7)3-2-4-9(16)17-5-10(11,12)13/h6H,2-5H2,1H3,(H,14,15). The van der Waals surface area contributed by atoms with E-state index in [1.807, 2.05) is 6.92 Å². The number of aryl methyl sites for hydroxylation is 2. The maximum atomic E-state index is 11.7. The molecule has 1 rings (SSSR count). The Hall–Kier alpha value is -1.53. The monoisotopic (exact) mass is 250 g/mol. The fourth-order valence-electron chi connectivity index (χ4n) is 1.27. The van der Waals surface area contributed by atoms with Gasteiger partial charge in [0.05, 0.1) is 12.0 Å². The lowest BCUT2D eigenvalue weighted by atomic mass is 10.2. The molecule has 0 aliphatic rings. The van der Waals surface area contributed by atoms with Gasteiger partial charge in [0.15, 0.2) is 6.61 Å². The summed E-state index contributed by atoms with van der Waals surface area (Å²) in [5.41, 5.74) is 1.71. The molecule has 0 bridgehead atoms. The van der Waals surface area contributed by atoms with Gasteiger partial charge >= 0.3 is 12.1 Å². The molecular formula is C10H13F3N2O2. The zero-order valence-electron chi connectivity index (χ0n) is 9.30. The highest BCUT2D eigenvalue weighted by molar-refractivity contribution is 5.69. The Morgan fingerprint density at radius 1 is 1.53 bits per heavy atom. The van der Waals surface area contributed by atoms with Gasteiger partial charge in [-0.1, -0.05) is 0 Å². The van der Waals surface area contributed by atoms with Crippen molar-refractivity contribution in [1.29, 1.82) is 0 Å². The van der Waals surface area contributed by atoms with Gasteiger partial charge in [-0.15, -0.1) is 0 Å². The third-order valence-electron chi connectivity index (χ3n) is 2.13. The second kappa shape index (κ2) is 5.70. The molecular weight excluding hydrogens is 237 g/mol. The first-order chi connectivity index (χ1) is 7.88. The first-order valence-electron chi connectivity index (χ1n) is 5.10. The first kappa shape index (κ1) is 13.5. The zero-order valence-corrected chi connectivity index (χ0v) is 9.30. The Kier molecular flexibility index (Phi) is 4.53. The summed E-state index contributed by atoms with van der Waals surface area (Å²) in [5.74, 6) is -0.837. The first-order valence-corrected chi connectivity index (χ1v) is 5.10. The summed E-state index contributed by atoms with van der Waals surface area (Å²) in [6.45, 7) is 0.317. The molecule has 4 nitrogen and oxygen atoms in total. The largest absolute Gasteiger partial charge is 0.456 e. The normalized spacial score (nSPS) is 11.5. The van der Waals surface area contributed by atoms with Crippen molar-refractivity contribution in [2.45, 2.75) is 32.4 Å². The lowest BCUT2D eigenvalue weighted by molar-refractivity contribution is -0.186. The molecule has 0 aliphatic carbocycles. The van der Waals surface area contributed by atoms with E-state index < -0.39 is 18.8 Å². The van der Waals surface area contributed by atoms with Crippen molar-refractivity contribution >= 4 is 5.97 Å². The minimum atomic E-state index is -4.46. The van der Waals surface area contributed by atoms with Crippen molar-refractivity contribution < 1.29 is 22.7 Å². The summed E-state index contributed by atoms with van der Waals surface area (Å²) in [6.07, 6.45) is -2.01. The number of aromatic nitrogens is 2. The van der Waals surface area contributed by atoms with Crippen LogP contribution in [0.3, 0.4) is 0 Å². The summed E-state index contributed by atoms with van der Waals surface area (Å²) in [6, 6.07) is 0. The molecule has 7 heteroatoms. The molecule has 0 atom stereocenters. The van der Waals surface area contributed by atoms with Gasteiger partial charge in [-0.05, 0) is 19.8 Å². The van der Waals surface area contributed by atoms with Crippen molar-refractivity contribution in [3.05, 3.63) is 17.7 Å². The molecule has 1 aromatic heterocycles. The number of aromatic amines is 1. The highest BCUT2D eigenvalue weighted by Gasteiger charge is 2.29. The van der Waals surface area contributed by atoms with Crippen molar-refractivity contribution in [1.82, 2.24) is 9.97 Å². The summed E-state index contributed by atoms with van der Waals surface area (Å²) in [5, 5.41) is 0. The number of nitrogens with one attached hydrogen (secondary N) is 1. The summed E-state index contributed by atoms with van der Waals surface area (Å²) in [7, 11) is 0. The minimum absolute atomic E-state index is 0.0393. The van der Waals surface area contributed by atoms with Crippen LogP contribution in [0.2, 0.25) is 0 Å². The van der Waals surface area contributed by atoms with Crippen LogP contribution in [-0.2, 0) is 16.0 Å². The minimum Gasteiger partial charge on any atom is -0.456 e. The predicted molar refractivity (Wildman–Crippen MR) is 53.3 cm³/mol. The Labute approximate surface area is 96.2 Å². The molecule has 96 valence electrons. The number of carbonyl (C=O) groups is 1. The quantitative estimate of drug-likeness (QED) is 0.814. The molecule has 0 amide bonds. The zero-order chi connectivity index (χ0) is 12.9. The molecule has 1 aromatic rings. The van der Waals surface area contributed by atoms with E-state index >= 15 is 0 Å². The van der Waals surface area contributed by atoms with Crippen molar-refractivity contribution in [2.24, 2.45) is 0 Å². The Morgan fingerprint density at radius 3 is 2.76 bits per heavy atom. The lowest BCUT2D eigenvalue weighted by Crippen LogP contribution is -2.20. The Morgan fingerprint density at radius 2 is 2.24 bits per heavy atom. The molecule has 0 spiro atoms. The highest BCUT2D eigenvalue weighted by atomic mass is 19.4. The van der Waals surface area contributed by atoms with Gasteiger partial charge in [-0.3, -0.25) is 4.79 Å². The molecule has 0 aliphatic heterocycles. The number of ether oxygens (including phenoxy) is 1. The van der Waals surface area contributed by atoms with Crippen LogP contribution in [0.5, 0.6) is 0 Å². The van der Waals surface area contributed by atoms with E-state index in [1.54, 1.807) is 0 Å². The van der Waals surface area contributed by atoms with Crippen molar-refractivity contribution in [3.63, 3.8) is 0 Å². The van der Waals surface area contributed by atoms with Crippen LogP contribution >= 0.6 is 0 Å². The third-order valence-corrected chi connectivity index (χ3v) is 2.13. The van der Waals surface area contributed by atoms with Crippen molar-refractivity contribution in [3.8, 4) is 0 Å². The van der Waals surface area contributed by atoms with Gasteiger partial charge in [0.2, 0.25) is 0 Å². The van der Waals surface area contributed by atoms with Crippen LogP contribution in [0.1, 0.15) is 24.2 Å². The number of imidazole rings is 1. The second-order valence-electron chi connectivity index (χ2n) is 3.60. The Bertz CT molecular complexity index is 374. The summed E-state index contributed by atoms with van der Waals surface area (Å²) >= 11 is 0. The molecule has 0 radical (unpaired) electrons. The number of H-pyrrole nitrogens is 1. The maximum absolute atomic E-state index is 11.7. The van der Waals surface area contributed by atoms with Crippen LogP contribution in [0.4, 0.5) is 13.2 Å². The number of rotatable bonds is 5. The lowest BCUT2D eigenvalue weighted by Gasteiger charge is -2.07. The maximum Gasteiger partial charge on any atom is 0.422 e. The van der Waals surface area contributed by atoms with Crippen LogP contribution in [0, 0.1) is 6.92 Å². The fourth-order valence-corrected chi connectivity index (χ4v) is 1.27. The second-order valence-corrected chi connectivity index (χ2v) is 3.60. The number of hydrogen-bond acceptors (Lipinski definition) is 3. The van der Waals surface area contributed by atoms with Gasteiger partial charge in [-0.25, -0.2) is 4.98 Å². The number of hydrogen-bond donors (Lipinski definition) is 1. The number of esters is 1. The number of halogens is 3. The SMILES string of the molecule is Cc1[nH]cnc1CCCC(=O)OCC(F)(F)F. The average molecular weight is 250 g/mol. The van der Waals surface area contributed by atoms with E-state index in [-0.39, 0.29) is 6.42 Å². The predicted octanol–water partition coefficient (Wildman–Crippen LogP) is 2.15. The summed E-state index contributed by atoms with van der Waals surface area (Å²) in [4.78, 5) is 17.8. The molecule has 0 fully saturated rings. The molecule has 0 unspecified atom stereocenters. The van der Waals surface area contributed by atoms with E-state index in [9.17, 15) is 18.0 Å². The average Bonchev–Trinajstić information content (AvgIpc) is 2.61. The van der Waals surface area contributed by atoms with Crippen LogP contribution in [0.25, 0.3) is 0 Å². The van der Waals surface area contributed by atoms with E-state index in [4.69, 9.17) is 0 Å². The molecule has 17 heavy (non-hydrogen) atoms. The van der Waals surface area contributed by atoms with Gasteiger partial charge in [-0.2, -0.15) is 13.2 Å². The van der Waals surface area contributed by atoms with E-state index in [1.165, 1.54) is 6.33 Å². The highest BCUT2D eigenvalue weighted by Crippen LogP contribution is 2.15. The van der Waals surface area contributed by atoms with Crippen LogP contribution in [-0.4, -0.2) is 28.7 Å². The summed E-state index contributed by atoms with van der Waals surface area (Å²) < 4.78 is 39.2. The van der Waals surface area contributed by atoms with Gasteiger partial charge in [0.25, 0.3) is 0 Å². The number of carbonyl (C=O) groups excluding carboxylic acids is 1. The van der Waals surface area contributed by atoms with Gasteiger partial charge in [0, 0.05) is 12.1 Å². The van der Waals surface area contributed by atoms with Crippen molar-refractivity contribution in [2.75, 3.05) is 6.61 Å². The number of alkyl halides is 3. The van der Waals surface area contributed by atoms with E-state index in [2.05, 4.69) is 14.7 Å². The third kappa shape index (κ3) is 5.37. The van der Waals surface area contributed by atoms with Crippen LogP contribution in [0.15, 0.2) is 6.33 Å². The topological polar surface area (TPSA) is 55.0 Å². The fraction of sp³-hybridized carbons (Fsp3) is 0.600. The van der Waals surface area contributed by atoms with E-state index in [0.717, 1.165) is 11.4 Å².